The van der Waals surface area contributed by atoms with Crippen LogP contribution in [0.5, 0.6) is 0 Å². The maximum Gasteiger partial charge on any atom is 0.171 e. The Labute approximate surface area is 169 Å². The number of benzene rings is 1. The zero-order chi connectivity index (χ0) is 21.4. The van der Waals surface area contributed by atoms with Gasteiger partial charge in [0.2, 0.25) is 0 Å². The van der Waals surface area contributed by atoms with Crippen LogP contribution in [0.25, 0.3) is 0 Å². The highest BCUT2D eigenvalue weighted by Gasteiger charge is 2.58. The second-order valence-electron chi connectivity index (χ2n) is 9.13. The first-order valence-corrected chi connectivity index (χ1v) is 14.8. The van der Waals surface area contributed by atoms with Gasteiger partial charge in [0.05, 0.1) is 13.2 Å². The van der Waals surface area contributed by atoms with Gasteiger partial charge in [-0.05, 0) is 32.9 Å². The molecule has 0 bridgehead atoms. The molecule has 0 saturated heterocycles. The first-order chi connectivity index (χ1) is 12.8. The van der Waals surface area contributed by atoms with Gasteiger partial charge in [-0.1, -0.05) is 37.8 Å². The highest BCUT2D eigenvalue weighted by Crippen LogP contribution is 2.44. The predicted molar refractivity (Wildman–Crippen MR) is 114 cm³/mol. The summed E-state index contributed by atoms with van der Waals surface area (Å²) in [7, 11) is -5.25. The van der Waals surface area contributed by atoms with Crippen LogP contribution in [0.2, 0.25) is 25.7 Å². The number of nitrogens with zero attached hydrogens (tertiary/aromatic N) is 1. The lowest BCUT2D eigenvalue weighted by molar-refractivity contribution is 0.127. The minimum Gasteiger partial charge on any atom is -0.394 e. The first kappa shape index (κ1) is 23.2. The van der Waals surface area contributed by atoms with Crippen LogP contribution in [0.1, 0.15) is 26.3 Å². The zero-order valence-electron chi connectivity index (χ0n) is 17.6. The van der Waals surface area contributed by atoms with E-state index in [9.17, 15) is 17.9 Å². The summed E-state index contributed by atoms with van der Waals surface area (Å²) in [6, 6.07) is 7.01. The molecule has 0 spiro atoms. The molecule has 5 nitrogen and oxygen atoms in total. The van der Waals surface area contributed by atoms with Crippen molar-refractivity contribution < 1.29 is 22.7 Å². The van der Waals surface area contributed by atoms with Gasteiger partial charge < -0.3 is 9.84 Å². The van der Waals surface area contributed by atoms with Gasteiger partial charge in [-0.3, -0.25) is 4.99 Å². The van der Waals surface area contributed by atoms with Crippen molar-refractivity contribution in [1.82, 2.24) is 0 Å². The van der Waals surface area contributed by atoms with Crippen molar-refractivity contribution in [1.29, 1.82) is 0 Å². The lowest BCUT2D eigenvalue weighted by atomic mass is 9.87. The van der Waals surface area contributed by atoms with Crippen molar-refractivity contribution >= 4 is 23.6 Å². The Morgan fingerprint density at radius 2 is 1.86 bits per heavy atom. The monoisotopic (exact) mass is 429 g/mol. The number of halogens is 1. The van der Waals surface area contributed by atoms with E-state index in [1.165, 1.54) is 13.0 Å². The Bertz CT molecular complexity index is 852. The third-order valence-electron chi connectivity index (χ3n) is 5.78. The lowest BCUT2D eigenvalue weighted by Crippen LogP contribution is -2.61. The van der Waals surface area contributed by atoms with Crippen molar-refractivity contribution in [3.8, 4) is 0 Å². The number of ether oxygens (including phenoxy) is 1. The largest absolute Gasteiger partial charge is 0.394 e. The molecular weight excluding hydrogens is 397 g/mol. The van der Waals surface area contributed by atoms with Crippen LogP contribution in [0.4, 0.5) is 4.39 Å². The summed E-state index contributed by atoms with van der Waals surface area (Å²) < 4.78 is 46.0. The molecule has 0 radical (unpaired) electrons. The van der Waals surface area contributed by atoms with Crippen LogP contribution >= 0.6 is 0 Å². The molecule has 2 rings (SSSR count). The normalized spacial score (nSPS) is 30.1. The molecule has 1 aliphatic heterocycles. The molecule has 1 heterocycles. The Hall–Kier alpha value is -1.09. The van der Waals surface area contributed by atoms with Crippen LogP contribution < -0.4 is 0 Å². The van der Waals surface area contributed by atoms with E-state index in [0.717, 1.165) is 6.04 Å². The molecule has 0 unspecified atom stereocenters. The summed E-state index contributed by atoms with van der Waals surface area (Å²) in [5.74, 6) is -0.503. The topological polar surface area (TPSA) is 76.0 Å². The third-order valence-corrected chi connectivity index (χ3v) is 10.5. The smallest absolute Gasteiger partial charge is 0.171 e. The van der Waals surface area contributed by atoms with Gasteiger partial charge in [0.25, 0.3) is 0 Å². The van der Waals surface area contributed by atoms with E-state index in [-0.39, 0.29) is 17.9 Å². The van der Waals surface area contributed by atoms with Gasteiger partial charge in [-0.15, -0.1) is 0 Å². The Kier molecular flexibility index (Phi) is 6.60. The van der Waals surface area contributed by atoms with Gasteiger partial charge in [0, 0.05) is 26.0 Å². The van der Waals surface area contributed by atoms with Crippen molar-refractivity contribution in [2.75, 3.05) is 19.8 Å². The number of aliphatic imine (C=N–C) groups is 1. The Balaban J connectivity index is 2.52. The molecule has 1 aromatic carbocycles. The second-order valence-corrected chi connectivity index (χ2v) is 17.3. The minimum atomic E-state index is -3.91. The SMILES string of the molecule is CC1=N[C@](C)(c2ccccc2F)[C@@H](COCC[Si](C)(C)C)S(=O)(=O)[C@@]1(C)CO. The number of aliphatic hydroxyl groups is 1. The van der Waals surface area contributed by atoms with Crippen LogP contribution in [0.3, 0.4) is 0 Å². The molecule has 0 amide bonds. The molecule has 28 heavy (non-hydrogen) atoms. The fraction of sp³-hybridized carbons (Fsp3) is 0.650. The van der Waals surface area contributed by atoms with E-state index in [2.05, 4.69) is 24.6 Å². The average Bonchev–Trinajstić information content (AvgIpc) is 2.58. The van der Waals surface area contributed by atoms with E-state index < -0.39 is 45.9 Å². The number of rotatable bonds is 7. The fourth-order valence-electron chi connectivity index (χ4n) is 3.49. The quantitative estimate of drug-likeness (QED) is 0.532. The highest BCUT2D eigenvalue weighted by atomic mass is 32.2. The van der Waals surface area contributed by atoms with E-state index in [0.29, 0.717) is 6.61 Å². The molecule has 0 aliphatic carbocycles. The van der Waals surface area contributed by atoms with E-state index in [1.54, 1.807) is 32.0 Å². The Morgan fingerprint density at radius 3 is 2.39 bits per heavy atom. The summed E-state index contributed by atoms with van der Waals surface area (Å²) in [5.41, 5.74) is -0.835. The molecule has 1 N–H and O–H groups in total. The third kappa shape index (κ3) is 4.10. The molecule has 3 atom stereocenters. The minimum absolute atomic E-state index is 0.0932. The van der Waals surface area contributed by atoms with Crippen molar-refractivity contribution in [3.63, 3.8) is 0 Å². The maximum atomic E-state index is 14.6. The van der Waals surface area contributed by atoms with Crippen LogP contribution in [-0.4, -0.2) is 57.1 Å². The van der Waals surface area contributed by atoms with E-state index in [4.69, 9.17) is 4.74 Å². The predicted octanol–water partition coefficient (Wildman–Crippen LogP) is 3.40. The first-order valence-electron chi connectivity index (χ1n) is 9.53. The van der Waals surface area contributed by atoms with Crippen molar-refractivity contribution in [3.05, 3.63) is 35.6 Å². The van der Waals surface area contributed by atoms with Gasteiger partial charge in [0.15, 0.2) is 9.84 Å². The molecule has 0 aromatic heterocycles. The summed E-state index contributed by atoms with van der Waals surface area (Å²) in [6.07, 6.45) is 0. The van der Waals surface area contributed by atoms with Crippen molar-refractivity contribution in [2.24, 2.45) is 4.99 Å². The summed E-state index contributed by atoms with van der Waals surface area (Å²) in [5, 5.41) is 8.78. The fourth-order valence-corrected chi connectivity index (χ4v) is 6.57. The number of hydrogen-bond acceptors (Lipinski definition) is 5. The number of hydrogen-bond donors (Lipinski definition) is 1. The molecular formula is C20H32FNO4SSi. The van der Waals surface area contributed by atoms with Crippen molar-refractivity contribution in [2.45, 2.75) is 62.0 Å². The van der Waals surface area contributed by atoms with Gasteiger partial charge in [-0.25, -0.2) is 12.8 Å². The standard InChI is InChI=1S/C20H32FNO4SSi/c1-15-19(2,14-23)27(24,25)18(13-26-11-12-28(4,5)6)20(3,22-15)16-9-7-8-10-17(16)21/h7-10,18,23H,11-14H2,1-6H3/t18-,19+,20-/m1/s1. The lowest BCUT2D eigenvalue weighted by Gasteiger charge is -2.45. The zero-order valence-corrected chi connectivity index (χ0v) is 19.4. The number of aliphatic hydroxyl groups excluding tert-OH is 1. The average molecular weight is 430 g/mol. The summed E-state index contributed by atoms with van der Waals surface area (Å²) >= 11 is 0. The van der Waals surface area contributed by atoms with Crippen LogP contribution in [0.15, 0.2) is 29.3 Å². The van der Waals surface area contributed by atoms with Gasteiger partial charge >= 0.3 is 0 Å². The molecule has 1 aliphatic rings. The molecule has 0 fully saturated rings. The molecule has 158 valence electrons. The molecule has 1 aromatic rings. The molecule has 0 saturated carbocycles. The number of sulfone groups is 1. The second kappa shape index (κ2) is 7.97. The van der Waals surface area contributed by atoms with Gasteiger partial charge in [0.1, 0.15) is 21.4 Å². The van der Waals surface area contributed by atoms with Crippen LogP contribution in [0, 0.1) is 5.82 Å². The van der Waals surface area contributed by atoms with E-state index >= 15 is 0 Å². The highest BCUT2D eigenvalue weighted by molar-refractivity contribution is 7.94. The Morgan fingerprint density at radius 1 is 1.25 bits per heavy atom. The van der Waals surface area contributed by atoms with E-state index in [1.807, 2.05) is 0 Å². The molecule has 8 heteroatoms. The van der Waals surface area contributed by atoms with Gasteiger partial charge in [-0.2, -0.15) is 0 Å². The summed E-state index contributed by atoms with van der Waals surface area (Å²) in [6.45, 7) is 11.1. The maximum absolute atomic E-state index is 14.6. The van der Waals surface area contributed by atoms with Crippen LogP contribution in [-0.2, 0) is 20.1 Å². The summed E-state index contributed by atoms with van der Waals surface area (Å²) in [4.78, 5) is 4.64.